The molecule has 5 nitrogen and oxygen atoms in total. The SMILES string of the molecule is Cc1ccc(C(=O)CC(Nc2cccc(Cl)c2)c2cccc([N+](=O)[O-])c2)cc1. The van der Waals surface area contributed by atoms with E-state index >= 15 is 0 Å². The molecule has 142 valence electrons. The van der Waals surface area contributed by atoms with Crippen molar-refractivity contribution in [3.63, 3.8) is 0 Å². The van der Waals surface area contributed by atoms with Gasteiger partial charge in [-0.3, -0.25) is 14.9 Å². The van der Waals surface area contributed by atoms with E-state index < -0.39 is 11.0 Å². The number of nitro groups is 1. The minimum Gasteiger partial charge on any atom is -0.378 e. The van der Waals surface area contributed by atoms with Gasteiger partial charge >= 0.3 is 0 Å². The highest BCUT2D eigenvalue weighted by Gasteiger charge is 2.19. The molecule has 28 heavy (non-hydrogen) atoms. The van der Waals surface area contributed by atoms with Gasteiger partial charge in [0, 0.05) is 34.8 Å². The Morgan fingerprint density at radius 3 is 2.46 bits per heavy atom. The van der Waals surface area contributed by atoms with Gasteiger partial charge in [-0.25, -0.2) is 0 Å². The van der Waals surface area contributed by atoms with E-state index in [-0.39, 0.29) is 17.9 Å². The molecule has 3 rings (SSSR count). The highest BCUT2D eigenvalue weighted by atomic mass is 35.5. The number of nitro benzene ring substituents is 1. The number of benzene rings is 3. The first-order valence-electron chi connectivity index (χ1n) is 8.79. The van der Waals surface area contributed by atoms with Gasteiger partial charge in [-0.15, -0.1) is 0 Å². The van der Waals surface area contributed by atoms with Gasteiger partial charge in [-0.05, 0) is 30.7 Å². The summed E-state index contributed by atoms with van der Waals surface area (Å²) in [7, 11) is 0. The van der Waals surface area contributed by atoms with E-state index in [9.17, 15) is 14.9 Å². The predicted octanol–water partition coefficient (Wildman–Crippen LogP) is 5.98. The van der Waals surface area contributed by atoms with Gasteiger partial charge in [0.05, 0.1) is 11.0 Å². The van der Waals surface area contributed by atoms with Crippen LogP contribution in [0.4, 0.5) is 11.4 Å². The first kappa shape index (κ1) is 19.6. The number of carbonyl (C=O) groups excluding carboxylic acids is 1. The third-order valence-corrected chi connectivity index (χ3v) is 4.65. The summed E-state index contributed by atoms with van der Waals surface area (Å²) in [5, 5.41) is 15.0. The zero-order valence-electron chi connectivity index (χ0n) is 15.3. The van der Waals surface area contributed by atoms with E-state index in [2.05, 4.69) is 5.32 Å². The lowest BCUT2D eigenvalue weighted by Gasteiger charge is -2.20. The second-order valence-electron chi connectivity index (χ2n) is 6.55. The van der Waals surface area contributed by atoms with Crippen LogP contribution in [0.3, 0.4) is 0 Å². The van der Waals surface area contributed by atoms with Crippen LogP contribution in [0.1, 0.15) is 33.9 Å². The van der Waals surface area contributed by atoms with Gasteiger partial charge in [0.15, 0.2) is 5.78 Å². The molecule has 0 radical (unpaired) electrons. The molecule has 0 amide bonds. The standard InChI is InChI=1S/C22H19ClN2O3/c1-15-8-10-16(11-9-15)22(26)14-21(24-19-6-3-5-18(23)13-19)17-4-2-7-20(12-17)25(27)28/h2-13,21,24H,14H2,1H3. The molecule has 0 fully saturated rings. The summed E-state index contributed by atoms with van der Waals surface area (Å²) in [6.45, 7) is 1.96. The average molecular weight is 395 g/mol. The third-order valence-electron chi connectivity index (χ3n) is 4.41. The molecule has 3 aromatic carbocycles. The molecule has 0 heterocycles. The summed E-state index contributed by atoms with van der Waals surface area (Å²) < 4.78 is 0. The number of hydrogen-bond acceptors (Lipinski definition) is 4. The number of carbonyl (C=O) groups is 1. The number of non-ortho nitro benzene ring substituents is 1. The van der Waals surface area contributed by atoms with Crippen LogP contribution in [0.2, 0.25) is 5.02 Å². The summed E-state index contributed by atoms with van der Waals surface area (Å²) in [5.74, 6) is -0.0500. The minimum absolute atomic E-state index is 0.0156. The maximum absolute atomic E-state index is 12.8. The number of anilines is 1. The number of rotatable bonds is 7. The van der Waals surface area contributed by atoms with Crippen molar-refractivity contribution < 1.29 is 9.72 Å². The molecule has 0 aliphatic heterocycles. The molecule has 0 bridgehead atoms. The molecule has 6 heteroatoms. The Bertz CT molecular complexity index is 1000. The molecule has 0 aliphatic carbocycles. The Hall–Kier alpha value is -3.18. The number of nitrogens with one attached hydrogen (secondary N) is 1. The van der Waals surface area contributed by atoms with Crippen molar-refractivity contribution in [2.45, 2.75) is 19.4 Å². The van der Waals surface area contributed by atoms with E-state index in [0.29, 0.717) is 16.1 Å². The van der Waals surface area contributed by atoms with E-state index in [1.165, 1.54) is 12.1 Å². The molecule has 0 saturated heterocycles. The normalized spacial score (nSPS) is 11.6. The van der Waals surface area contributed by atoms with Crippen LogP contribution in [-0.4, -0.2) is 10.7 Å². The maximum Gasteiger partial charge on any atom is 0.269 e. The second kappa shape index (κ2) is 8.67. The van der Waals surface area contributed by atoms with Crippen LogP contribution < -0.4 is 5.32 Å². The Morgan fingerprint density at radius 2 is 1.79 bits per heavy atom. The zero-order chi connectivity index (χ0) is 20.1. The zero-order valence-corrected chi connectivity index (χ0v) is 16.0. The number of nitrogens with zero attached hydrogens (tertiary/aromatic N) is 1. The van der Waals surface area contributed by atoms with Crippen LogP contribution in [0.5, 0.6) is 0 Å². The highest BCUT2D eigenvalue weighted by Crippen LogP contribution is 2.28. The molecule has 3 aromatic rings. The van der Waals surface area contributed by atoms with Gasteiger partial charge in [0.2, 0.25) is 0 Å². The topological polar surface area (TPSA) is 72.2 Å². The van der Waals surface area contributed by atoms with E-state index in [1.54, 1.807) is 42.5 Å². The molecule has 1 atom stereocenters. The smallest absolute Gasteiger partial charge is 0.269 e. The molecule has 1 unspecified atom stereocenters. The second-order valence-corrected chi connectivity index (χ2v) is 6.99. The predicted molar refractivity (Wildman–Crippen MR) is 111 cm³/mol. The van der Waals surface area contributed by atoms with Gasteiger partial charge in [0.1, 0.15) is 0 Å². The Balaban J connectivity index is 1.91. The molecule has 0 spiro atoms. The fourth-order valence-electron chi connectivity index (χ4n) is 2.93. The largest absolute Gasteiger partial charge is 0.378 e. The van der Waals surface area contributed by atoms with Gasteiger partial charge in [0.25, 0.3) is 5.69 Å². The molecular weight excluding hydrogens is 376 g/mol. The Kier molecular flexibility index (Phi) is 6.06. The van der Waals surface area contributed by atoms with Gasteiger partial charge < -0.3 is 5.32 Å². The number of hydrogen-bond donors (Lipinski definition) is 1. The molecule has 0 aliphatic rings. The maximum atomic E-state index is 12.8. The van der Waals surface area contributed by atoms with Crippen molar-refractivity contribution in [2.75, 3.05) is 5.32 Å². The molecule has 0 aromatic heterocycles. The van der Waals surface area contributed by atoms with E-state index in [0.717, 1.165) is 11.3 Å². The van der Waals surface area contributed by atoms with Crippen molar-refractivity contribution in [1.82, 2.24) is 0 Å². The monoisotopic (exact) mass is 394 g/mol. The van der Waals surface area contributed by atoms with Gasteiger partial charge in [-0.1, -0.05) is 59.6 Å². The Labute approximate surface area is 168 Å². The van der Waals surface area contributed by atoms with Crippen molar-refractivity contribution >= 4 is 28.8 Å². The van der Waals surface area contributed by atoms with Crippen molar-refractivity contribution in [2.24, 2.45) is 0 Å². The Morgan fingerprint density at radius 1 is 1.07 bits per heavy atom. The fourth-order valence-corrected chi connectivity index (χ4v) is 3.12. The first-order chi connectivity index (χ1) is 13.4. The van der Waals surface area contributed by atoms with Crippen molar-refractivity contribution in [3.05, 3.63) is 105 Å². The van der Waals surface area contributed by atoms with Crippen LogP contribution in [0, 0.1) is 17.0 Å². The summed E-state index contributed by atoms with van der Waals surface area (Å²) in [4.78, 5) is 23.5. The summed E-state index contributed by atoms with van der Waals surface area (Å²) in [5.41, 5.74) is 3.06. The van der Waals surface area contributed by atoms with Crippen LogP contribution in [0.15, 0.2) is 72.8 Å². The highest BCUT2D eigenvalue weighted by molar-refractivity contribution is 6.30. The first-order valence-corrected chi connectivity index (χ1v) is 9.16. The fraction of sp³-hybridized carbons (Fsp3) is 0.136. The van der Waals surface area contributed by atoms with E-state index in [1.807, 2.05) is 25.1 Å². The summed E-state index contributed by atoms with van der Waals surface area (Å²) >= 11 is 6.06. The van der Waals surface area contributed by atoms with Crippen LogP contribution in [-0.2, 0) is 0 Å². The number of aryl methyl sites for hydroxylation is 1. The number of Topliss-reactive ketones (excluding diaryl/α,β-unsaturated/α-hetero) is 1. The van der Waals surface area contributed by atoms with Crippen molar-refractivity contribution in [3.8, 4) is 0 Å². The third kappa shape index (κ3) is 4.96. The van der Waals surface area contributed by atoms with Crippen molar-refractivity contribution in [1.29, 1.82) is 0 Å². The number of ketones is 1. The number of halogens is 1. The lowest BCUT2D eigenvalue weighted by molar-refractivity contribution is -0.384. The minimum atomic E-state index is -0.443. The molecule has 0 saturated carbocycles. The van der Waals surface area contributed by atoms with Crippen LogP contribution in [0.25, 0.3) is 0 Å². The molecular formula is C22H19ClN2O3. The quantitative estimate of drug-likeness (QED) is 0.304. The molecule has 1 N–H and O–H groups in total. The summed E-state index contributed by atoms with van der Waals surface area (Å²) in [6.07, 6.45) is 0.150. The lowest BCUT2D eigenvalue weighted by Crippen LogP contribution is -2.16. The van der Waals surface area contributed by atoms with E-state index in [4.69, 9.17) is 11.6 Å². The van der Waals surface area contributed by atoms with Crippen LogP contribution >= 0.6 is 11.6 Å². The van der Waals surface area contributed by atoms with Gasteiger partial charge in [-0.2, -0.15) is 0 Å². The average Bonchev–Trinajstić information content (AvgIpc) is 2.68. The summed E-state index contributed by atoms with van der Waals surface area (Å²) in [6, 6.07) is 20.4. The lowest BCUT2D eigenvalue weighted by atomic mass is 9.96.